The van der Waals surface area contributed by atoms with Crippen LogP contribution < -0.4 is 19.6 Å². The predicted octanol–water partition coefficient (Wildman–Crippen LogP) is 10.5. The van der Waals surface area contributed by atoms with Gasteiger partial charge >= 0.3 is 0 Å². The first kappa shape index (κ1) is 28.4. The molecule has 0 unspecified atom stereocenters. The van der Waals surface area contributed by atoms with Gasteiger partial charge in [-0.3, -0.25) is 0 Å². The van der Waals surface area contributed by atoms with Crippen LogP contribution in [0.4, 0.5) is 22.7 Å². The van der Waals surface area contributed by atoms with Gasteiger partial charge in [0.2, 0.25) is 0 Å². The highest BCUT2D eigenvalue weighted by Crippen LogP contribution is 2.37. The minimum atomic E-state index is 0.971. The Morgan fingerprint density at radius 3 is 1.76 bits per heavy atom. The summed E-state index contributed by atoms with van der Waals surface area (Å²) in [7, 11) is 0. The molecule has 0 radical (unpaired) electrons. The summed E-state index contributed by atoms with van der Waals surface area (Å²) in [6.45, 7) is 10.9. The highest BCUT2D eigenvalue weighted by molar-refractivity contribution is 7.17. The summed E-state index contributed by atoms with van der Waals surface area (Å²) >= 11 is 1.76. The zero-order chi connectivity index (χ0) is 30.8. The molecule has 45 heavy (non-hydrogen) atoms. The normalized spacial score (nSPS) is 13.3. The molecule has 0 amide bonds. The van der Waals surface area contributed by atoms with Crippen LogP contribution in [-0.2, 0) is 0 Å². The van der Waals surface area contributed by atoms with Crippen LogP contribution in [0.15, 0.2) is 170 Å². The molecule has 0 bridgehead atoms. The second kappa shape index (κ2) is 12.3. The minimum Gasteiger partial charge on any atom is -0.311 e. The summed E-state index contributed by atoms with van der Waals surface area (Å²) in [6, 6.07) is 47.2. The lowest BCUT2D eigenvalue weighted by molar-refractivity contribution is 1.17. The van der Waals surface area contributed by atoms with Gasteiger partial charge in [0.1, 0.15) is 0 Å². The number of rotatable bonds is 8. The van der Waals surface area contributed by atoms with Crippen molar-refractivity contribution in [2.24, 2.45) is 0 Å². The van der Waals surface area contributed by atoms with Crippen LogP contribution in [0.2, 0.25) is 0 Å². The molecule has 7 rings (SSSR count). The molecule has 218 valence electrons. The van der Waals surface area contributed by atoms with Gasteiger partial charge in [0.15, 0.2) is 0 Å². The number of nitrogens with zero attached hydrogens (tertiary/aromatic N) is 2. The van der Waals surface area contributed by atoms with Gasteiger partial charge in [-0.2, -0.15) is 0 Å². The van der Waals surface area contributed by atoms with E-state index in [9.17, 15) is 0 Å². The van der Waals surface area contributed by atoms with Gasteiger partial charge in [-0.15, -0.1) is 11.3 Å². The van der Waals surface area contributed by atoms with E-state index in [1.165, 1.54) is 32.5 Å². The molecule has 5 aromatic carbocycles. The number of hydrogen-bond donors (Lipinski definition) is 0. The van der Waals surface area contributed by atoms with E-state index in [0.29, 0.717) is 0 Å². The number of allylic oxidation sites excluding steroid dienone is 3. The van der Waals surface area contributed by atoms with Crippen molar-refractivity contribution in [1.82, 2.24) is 0 Å². The van der Waals surface area contributed by atoms with Crippen molar-refractivity contribution in [3.05, 3.63) is 179 Å². The Balaban J connectivity index is 1.26. The Bertz CT molecular complexity index is 2150. The molecule has 0 atom stereocenters. The Kier molecular flexibility index (Phi) is 7.77. The summed E-state index contributed by atoms with van der Waals surface area (Å²) in [5.74, 6) is 0. The molecule has 0 saturated heterocycles. The van der Waals surface area contributed by atoms with Crippen LogP contribution in [0.25, 0.3) is 33.5 Å². The third-order valence-electron chi connectivity index (χ3n) is 8.36. The van der Waals surface area contributed by atoms with E-state index in [4.69, 9.17) is 0 Å². The highest BCUT2D eigenvalue weighted by atomic mass is 32.1. The van der Waals surface area contributed by atoms with Crippen molar-refractivity contribution >= 4 is 56.4 Å². The van der Waals surface area contributed by atoms with Crippen molar-refractivity contribution in [2.45, 2.75) is 13.3 Å². The van der Waals surface area contributed by atoms with Crippen LogP contribution in [-0.4, -0.2) is 0 Å². The first-order valence-corrected chi connectivity index (χ1v) is 16.1. The Morgan fingerprint density at radius 1 is 0.644 bits per heavy atom. The maximum absolute atomic E-state index is 4.47. The van der Waals surface area contributed by atoms with Gasteiger partial charge in [-0.1, -0.05) is 104 Å². The van der Waals surface area contributed by atoms with Crippen LogP contribution in [0.3, 0.4) is 0 Å². The van der Waals surface area contributed by atoms with Crippen LogP contribution in [0, 0.1) is 0 Å². The molecule has 0 fully saturated rings. The van der Waals surface area contributed by atoms with E-state index >= 15 is 0 Å². The number of anilines is 4. The van der Waals surface area contributed by atoms with E-state index in [2.05, 4.69) is 169 Å². The Hall–Kier alpha value is -5.38. The Labute approximate surface area is 269 Å². The lowest BCUT2D eigenvalue weighted by Crippen LogP contribution is -2.27. The van der Waals surface area contributed by atoms with Crippen LogP contribution in [0.5, 0.6) is 0 Å². The number of fused-ring (bicyclic) bond motifs is 1. The SMILES string of the molecule is C=C/C(=c1/sc2ccccc2c1=C)N(c1ccccc1)c1ccc(-c2ccc(N(C3=CCC=C3C)c3ccccc3)cc2)cc1. The van der Waals surface area contributed by atoms with Gasteiger partial charge < -0.3 is 9.80 Å². The molecule has 0 spiro atoms. The zero-order valence-electron chi connectivity index (χ0n) is 25.4. The molecule has 1 aromatic heterocycles. The van der Waals surface area contributed by atoms with Gasteiger partial charge in [-0.05, 0) is 101 Å². The number of para-hydroxylation sites is 2. The molecule has 3 heteroatoms. The fraction of sp³-hybridized carbons (Fsp3) is 0.0476. The van der Waals surface area contributed by atoms with Crippen molar-refractivity contribution in [2.75, 3.05) is 9.80 Å². The number of thiophene rings is 1. The standard InChI is InChI=1S/C42H34N2S/c1-4-39(42-31(3)38-19-11-12-21-41(38)45-42)43(34-15-7-5-8-16-34)36-26-22-32(23-27-36)33-24-28-37(29-25-33)44(35-17-9-6-10-18-35)40-20-13-14-30(40)2/h4-12,14-29H,1,3,13H2,2H3/b42-39-. The molecule has 6 aromatic rings. The van der Waals surface area contributed by atoms with E-state index in [1.54, 1.807) is 11.3 Å². The summed E-state index contributed by atoms with van der Waals surface area (Å²) in [6.07, 6.45) is 7.51. The van der Waals surface area contributed by atoms with Gasteiger partial charge in [-0.25, -0.2) is 0 Å². The largest absolute Gasteiger partial charge is 0.311 e. The molecule has 1 heterocycles. The van der Waals surface area contributed by atoms with E-state index < -0.39 is 0 Å². The predicted molar refractivity (Wildman–Crippen MR) is 196 cm³/mol. The summed E-state index contributed by atoms with van der Waals surface area (Å²) in [4.78, 5) is 4.63. The van der Waals surface area contributed by atoms with E-state index in [1.807, 2.05) is 12.1 Å². The summed E-state index contributed by atoms with van der Waals surface area (Å²) in [5, 5.41) is 2.22. The first-order valence-electron chi connectivity index (χ1n) is 15.2. The summed E-state index contributed by atoms with van der Waals surface area (Å²) < 4.78 is 2.35. The van der Waals surface area contributed by atoms with E-state index in [0.717, 1.165) is 44.6 Å². The minimum absolute atomic E-state index is 0.971. The maximum atomic E-state index is 4.47. The lowest BCUT2D eigenvalue weighted by Gasteiger charge is -2.27. The molecular formula is C42H34N2S. The molecule has 0 N–H and O–H groups in total. The van der Waals surface area contributed by atoms with Crippen LogP contribution in [0.1, 0.15) is 13.3 Å². The second-order valence-corrected chi connectivity index (χ2v) is 12.2. The molecular weight excluding hydrogens is 565 g/mol. The van der Waals surface area contributed by atoms with Crippen molar-refractivity contribution < 1.29 is 0 Å². The average Bonchev–Trinajstić information content (AvgIpc) is 3.67. The molecule has 1 aliphatic rings. The topological polar surface area (TPSA) is 6.48 Å². The van der Waals surface area contributed by atoms with E-state index in [-0.39, 0.29) is 0 Å². The number of hydrogen-bond acceptors (Lipinski definition) is 3. The summed E-state index contributed by atoms with van der Waals surface area (Å²) in [5.41, 5.74) is 10.4. The van der Waals surface area contributed by atoms with Gasteiger partial charge in [0.05, 0.1) is 10.2 Å². The third-order valence-corrected chi connectivity index (χ3v) is 9.59. The fourth-order valence-electron chi connectivity index (χ4n) is 6.09. The van der Waals surface area contributed by atoms with Gasteiger partial charge in [0.25, 0.3) is 0 Å². The smallest absolute Gasteiger partial charge is 0.0634 e. The third kappa shape index (κ3) is 5.43. The van der Waals surface area contributed by atoms with Crippen molar-refractivity contribution in [3.63, 3.8) is 0 Å². The molecule has 0 saturated carbocycles. The van der Waals surface area contributed by atoms with Gasteiger partial charge in [0, 0.05) is 33.1 Å². The van der Waals surface area contributed by atoms with Crippen molar-refractivity contribution in [1.29, 1.82) is 0 Å². The molecule has 1 aliphatic carbocycles. The monoisotopic (exact) mass is 598 g/mol. The zero-order valence-corrected chi connectivity index (χ0v) is 26.2. The lowest BCUT2D eigenvalue weighted by atomic mass is 10.0. The van der Waals surface area contributed by atoms with Crippen LogP contribution >= 0.6 is 11.3 Å². The maximum Gasteiger partial charge on any atom is 0.0634 e. The number of benzene rings is 5. The molecule has 2 nitrogen and oxygen atoms in total. The second-order valence-electron chi connectivity index (χ2n) is 11.1. The first-order chi connectivity index (χ1) is 22.1. The van der Waals surface area contributed by atoms with Crippen molar-refractivity contribution in [3.8, 4) is 11.1 Å². The average molecular weight is 599 g/mol. The molecule has 0 aliphatic heterocycles. The Morgan fingerprint density at radius 2 is 1.18 bits per heavy atom. The quantitative estimate of drug-likeness (QED) is 0.172. The highest BCUT2D eigenvalue weighted by Gasteiger charge is 2.19. The fourth-order valence-corrected chi connectivity index (χ4v) is 7.27.